The van der Waals surface area contributed by atoms with Gasteiger partial charge in [0.15, 0.2) is 0 Å². The molecule has 0 radical (unpaired) electrons. The number of rotatable bonds is 5. The van der Waals surface area contributed by atoms with E-state index in [0.29, 0.717) is 5.57 Å². The van der Waals surface area contributed by atoms with Crippen LogP contribution in [0.25, 0.3) is 0 Å². The normalized spacial score (nSPS) is 23.4. The van der Waals surface area contributed by atoms with Gasteiger partial charge >= 0.3 is 17.9 Å². The number of carboxylic acid groups (broad SMARTS) is 2. The number of ether oxygens (including phenoxy) is 1. The van der Waals surface area contributed by atoms with Gasteiger partial charge in [-0.25, -0.2) is 4.79 Å². The van der Waals surface area contributed by atoms with Crippen molar-refractivity contribution in [2.24, 2.45) is 11.8 Å². The van der Waals surface area contributed by atoms with Gasteiger partial charge in [-0.1, -0.05) is 12.7 Å². The Morgan fingerprint density at radius 2 is 1.85 bits per heavy atom. The molecular formula is C14H18O6. The number of allylic oxidation sites excluding steroid dienone is 1. The van der Waals surface area contributed by atoms with Crippen molar-refractivity contribution in [1.82, 2.24) is 0 Å². The van der Waals surface area contributed by atoms with E-state index >= 15 is 0 Å². The quantitative estimate of drug-likeness (QED) is 0.451. The smallest absolute Gasteiger partial charge is 0.333 e. The summed E-state index contributed by atoms with van der Waals surface area (Å²) in [6.45, 7) is 6.62. The molecule has 6 heteroatoms. The van der Waals surface area contributed by atoms with Gasteiger partial charge < -0.3 is 14.9 Å². The SMILES string of the molecule is C=C(C)C(=O)OC(C)C1=CCC(C(=O)O)C(C(=O)O)C1. The maximum absolute atomic E-state index is 11.4. The summed E-state index contributed by atoms with van der Waals surface area (Å²) in [7, 11) is 0. The molecular weight excluding hydrogens is 264 g/mol. The first kappa shape index (κ1) is 15.9. The van der Waals surface area contributed by atoms with Gasteiger partial charge in [-0.3, -0.25) is 9.59 Å². The molecule has 1 aliphatic carbocycles. The van der Waals surface area contributed by atoms with Crippen molar-refractivity contribution in [1.29, 1.82) is 0 Å². The van der Waals surface area contributed by atoms with Gasteiger partial charge in [-0.05, 0) is 32.3 Å². The van der Waals surface area contributed by atoms with E-state index in [2.05, 4.69) is 6.58 Å². The van der Waals surface area contributed by atoms with Crippen molar-refractivity contribution in [2.75, 3.05) is 0 Å². The Balaban J connectivity index is 2.83. The number of esters is 1. The summed E-state index contributed by atoms with van der Waals surface area (Å²) in [6, 6.07) is 0. The van der Waals surface area contributed by atoms with Gasteiger partial charge in [-0.2, -0.15) is 0 Å². The lowest BCUT2D eigenvalue weighted by Crippen LogP contribution is -2.34. The van der Waals surface area contributed by atoms with Crippen LogP contribution in [0.15, 0.2) is 23.8 Å². The van der Waals surface area contributed by atoms with Crippen molar-refractivity contribution in [3.05, 3.63) is 23.8 Å². The van der Waals surface area contributed by atoms with E-state index in [-0.39, 0.29) is 18.4 Å². The molecule has 6 nitrogen and oxygen atoms in total. The molecule has 20 heavy (non-hydrogen) atoms. The van der Waals surface area contributed by atoms with Crippen LogP contribution in [0.1, 0.15) is 26.7 Å². The average Bonchev–Trinajstić information content (AvgIpc) is 2.37. The molecule has 2 N–H and O–H groups in total. The minimum absolute atomic E-state index is 0.0664. The fourth-order valence-electron chi connectivity index (χ4n) is 2.12. The van der Waals surface area contributed by atoms with Gasteiger partial charge in [0.05, 0.1) is 11.8 Å². The van der Waals surface area contributed by atoms with Crippen molar-refractivity contribution in [3.63, 3.8) is 0 Å². The molecule has 0 aromatic rings. The Morgan fingerprint density at radius 1 is 1.30 bits per heavy atom. The molecule has 0 aliphatic heterocycles. The van der Waals surface area contributed by atoms with Gasteiger partial charge in [0.1, 0.15) is 6.10 Å². The van der Waals surface area contributed by atoms with Crippen molar-refractivity contribution in [2.45, 2.75) is 32.8 Å². The molecule has 0 fully saturated rings. The molecule has 0 aromatic carbocycles. The molecule has 0 saturated carbocycles. The zero-order valence-corrected chi connectivity index (χ0v) is 11.5. The molecule has 3 atom stereocenters. The standard InChI is InChI=1S/C14H18O6/c1-7(2)14(19)20-8(3)9-4-5-10(12(15)16)11(6-9)13(17)18/h4,8,10-11H,1,5-6H2,2-3H3,(H,15,16)(H,17,18). The molecule has 0 aromatic heterocycles. The lowest BCUT2D eigenvalue weighted by molar-refractivity contribution is -0.154. The molecule has 0 heterocycles. The summed E-state index contributed by atoms with van der Waals surface area (Å²) >= 11 is 0. The van der Waals surface area contributed by atoms with E-state index < -0.39 is 35.8 Å². The van der Waals surface area contributed by atoms with Crippen LogP contribution in [0, 0.1) is 11.8 Å². The lowest BCUT2D eigenvalue weighted by Gasteiger charge is -2.28. The van der Waals surface area contributed by atoms with Crippen LogP contribution in [0.2, 0.25) is 0 Å². The second-order valence-electron chi connectivity index (χ2n) is 4.94. The summed E-state index contributed by atoms with van der Waals surface area (Å²) < 4.78 is 5.13. The monoisotopic (exact) mass is 282 g/mol. The predicted molar refractivity (Wildman–Crippen MR) is 69.9 cm³/mol. The van der Waals surface area contributed by atoms with Gasteiger partial charge in [0, 0.05) is 5.57 Å². The van der Waals surface area contributed by atoms with Crippen LogP contribution in [-0.2, 0) is 19.1 Å². The third-order valence-corrected chi connectivity index (χ3v) is 3.36. The Labute approximate surface area is 116 Å². The second kappa shape index (κ2) is 6.36. The Bertz CT molecular complexity index is 476. The number of hydrogen-bond acceptors (Lipinski definition) is 4. The molecule has 1 aliphatic rings. The van der Waals surface area contributed by atoms with Gasteiger partial charge in [0.25, 0.3) is 0 Å². The maximum Gasteiger partial charge on any atom is 0.333 e. The Kier molecular flexibility index (Phi) is 5.07. The largest absolute Gasteiger partial charge is 0.481 e. The lowest BCUT2D eigenvalue weighted by atomic mass is 9.78. The van der Waals surface area contributed by atoms with Gasteiger partial charge in [-0.15, -0.1) is 0 Å². The molecule has 1 rings (SSSR count). The minimum Gasteiger partial charge on any atom is -0.481 e. The predicted octanol–water partition coefficient (Wildman–Crippen LogP) is 1.62. The van der Waals surface area contributed by atoms with Crippen molar-refractivity contribution >= 4 is 17.9 Å². The number of carboxylic acids is 2. The Hall–Kier alpha value is -2.11. The van der Waals surface area contributed by atoms with E-state index in [9.17, 15) is 14.4 Å². The summed E-state index contributed by atoms with van der Waals surface area (Å²) in [4.78, 5) is 33.6. The van der Waals surface area contributed by atoms with Crippen LogP contribution in [0.3, 0.4) is 0 Å². The van der Waals surface area contributed by atoms with Crippen molar-refractivity contribution in [3.8, 4) is 0 Å². The highest BCUT2D eigenvalue weighted by Gasteiger charge is 2.37. The van der Waals surface area contributed by atoms with Crippen molar-refractivity contribution < 1.29 is 29.3 Å². The zero-order chi connectivity index (χ0) is 15.4. The first-order chi connectivity index (χ1) is 9.23. The fraction of sp³-hybridized carbons (Fsp3) is 0.500. The van der Waals surface area contributed by atoms with Crippen LogP contribution in [0.4, 0.5) is 0 Å². The van der Waals surface area contributed by atoms with Gasteiger partial charge in [0.2, 0.25) is 0 Å². The number of aliphatic carboxylic acids is 2. The summed E-state index contributed by atoms with van der Waals surface area (Å²) in [5, 5.41) is 18.1. The highest BCUT2D eigenvalue weighted by atomic mass is 16.5. The summed E-state index contributed by atoms with van der Waals surface area (Å²) in [6.07, 6.45) is 1.25. The molecule has 0 spiro atoms. The summed E-state index contributed by atoms with van der Waals surface area (Å²) in [5.74, 6) is -4.77. The first-order valence-electron chi connectivity index (χ1n) is 6.25. The molecule has 110 valence electrons. The highest BCUT2D eigenvalue weighted by molar-refractivity contribution is 5.87. The Morgan fingerprint density at radius 3 is 2.30 bits per heavy atom. The number of carbonyl (C=O) groups excluding carboxylic acids is 1. The molecule has 0 amide bonds. The van der Waals surface area contributed by atoms with Crippen LogP contribution < -0.4 is 0 Å². The third-order valence-electron chi connectivity index (χ3n) is 3.36. The van der Waals surface area contributed by atoms with E-state index in [0.717, 1.165) is 0 Å². The van der Waals surface area contributed by atoms with Crippen LogP contribution in [0.5, 0.6) is 0 Å². The van der Waals surface area contributed by atoms with Crippen LogP contribution >= 0.6 is 0 Å². The highest BCUT2D eigenvalue weighted by Crippen LogP contribution is 2.32. The zero-order valence-electron chi connectivity index (χ0n) is 11.5. The number of hydrogen-bond donors (Lipinski definition) is 2. The topological polar surface area (TPSA) is 101 Å². The van der Waals surface area contributed by atoms with E-state index in [4.69, 9.17) is 14.9 Å². The minimum atomic E-state index is -1.15. The molecule has 0 bridgehead atoms. The van der Waals surface area contributed by atoms with E-state index in [1.165, 1.54) is 6.92 Å². The number of carbonyl (C=O) groups is 3. The molecule has 3 unspecified atom stereocenters. The van der Waals surface area contributed by atoms with E-state index in [1.54, 1.807) is 13.0 Å². The summed E-state index contributed by atoms with van der Waals surface area (Å²) in [5.41, 5.74) is 0.885. The van der Waals surface area contributed by atoms with E-state index in [1.807, 2.05) is 0 Å². The molecule has 0 saturated heterocycles. The fourth-order valence-corrected chi connectivity index (χ4v) is 2.12. The second-order valence-corrected chi connectivity index (χ2v) is 4.94. The van der Waals surface area contributed by atoms with Crippen LogP contribution in [-0.4, -0.2) is 34.2 Å². The first-order valence-corrected chi connectivity index (χ1v) is 6.25. The maximum atomic E-state index is 11.4. The average molecular weight is 282 g/mol. The third kappa shape index (κ3) is 3.69.